The van der Waals surface area contributed by atoms with Crippen molar-refractivity contribution in [2.45, 2.75) is 37.8 Å². The molecule has 4 nitrogen and oxygen atoms in total. The SMILES string of the molecule is COC1CCC(Nc2ccc3cn[nH]c3c2)CC1. The Kier molecular flexibility index (Phi) is 3.19. The van der Waals surface area contributed by atoms with Gasteiger partial charge in [0, 0.05) is 24.2 Å². The van der Waals surface area contributed by atoms with Gasteiger partial charge in [-0.15, -0.1) is 0 Å². The van der Waals surface area contributed by atoms with Gasteiger partial charge in [-0.25, -0.2) is 0 Å². The van der Waals surface area contributed by atoms with E-state index < -0.39 is 0 Å². The van der Waals surface area contributed by atoms with Crippen molar-refractivity contribution in [2.24, 2.45) is 0 Å². The molecule has 2 N–H and O–H groups in total. The second-order valence-corrected chi connectivity index (χ2v) is 5.03. The highest BCUT2D eigenvalue weighted by Gasteiger charge is 2.20. The van der Waals surface area contributed by atoms with E-state index >= 15 is 0 Å². The van der Waals surface area contributed by atoms with Crippen LogP contribution in [0.25, 0.3) is 10.9 Å². The lowest BCUT2D eigenvalue weighted by Gasteiger charge is -2.28. The van der Waals surface area contributed by atoms with Crippen LogP contribution in [0.2, 0.25) is 0 Å². The maximum atomic E-state index is 5.40. The summed E-state index contributed by atoms with van der Waals surface area (Å²) in [6, 6.07) is 6.92. The Morgan fingerprint density at radius 3 is 2.89 bits per heavy atom. The second kappa shape index (κ2) is 4.98. The van der Waals surface area contributed by atoms with Crippen LogP contribution < -0.4 is 5.32 Å². The summed E-state index contributed by atoms with van der Waals surface area (Å²) in [5.41, 5.74) is 2.26. The van der Waals surface area contributed by atoms with Crippen LogP contribution in [0.3, 0.4) is 0 Å². The third-order valence-electron chi connectivity index (χ3n) is 3.82. The molecule has 1 aliphatic carbocycles. The van der Waals surface area contributed by atoms with Crippen LogP contribution >= 0.6 is 0 Å². The Morgan fingerprint density at radius 2 is 2.11 bits per heavy atom. The standard InChI is InChI=1S/C14H19N3O/c1-18-13-6-4-11(5-7-13)16-12-3-2-10-9-15-17-14(10)8-12/h2-3,8-9,11,13,16H,4-7H2,1H3,(H,15,17). The van der Waals surface area contributed by atoms with Gasteiger partial charge in [0.1, 0.15) is 0 Å². The summed E-state index contributed by atoms with van der Waals surface area (Å²) < 4.78 is 5.40. The highest BCUT2D eigenvalue weighted by molar-refractivity contribution is 5.81. The summed E-state index contributed by atoms with van der Waals surface area (Å²) in [7, 11) is 1.81. The maximum Gasteiger partial charge on any atom is 0.0670 e. The predicted molar refractivity (Wildman–Crippen MR) is 72.8 cm³/mol. The van der Waals surface area contributed by atoms with Gasteiger partial charge in [-0.1, -0.05) is 0 Å². The van der Waals surface area contributed by atoms with Crippen LogP contribution in [0.4, 0.5) is 5.69 Å². The fourth-order valence-corrected chi connectivity index (χ4v) is 2.71. The molecule has 0 atom stereocenters. The van der Waals surface area contributed by atoms with Crippen molar-refractivity contribution >= 4 is 16.6 Å². The molecule has 0 unspecified atom stereocenters. The number of ether oxygens (including phenoxy) is 1. The number of aromatic amines is 1. The van der Waals surface area contributed by atoms with Crippen LogP contribution in [-0.2, 0) is 4.74 Å². The summed E-state index contributed by atoms with van der Waals surface area (Å²) in [6.45, 7) is 0. The minimum Gasteiger partial charge on any atom is -0.382 e. The number of H-pyrrole nitrogens is 1. The molecule has 1 aliphatic rings. The highest BCUT2D eigenvalue weighted by atomic mass is 16.5. The van der Waals surface area contributed by atoms with E-state index in [1.54, 1.807) is 0 Å². The summed E-state index contributed by atoms with van der Waals surface area (Å²) in [5, 5.41) is 11.8. The van der Waals surface area contributed by atoms with Gasteiger partial charge in [-0.2, -0.15) is 5.10 Å². The number of aromatic nitrogens is 2. The van der Waals surface area contributed by atoms with E-state index in [2.05, 4.69) is 33.7 Å². The summed E-state index contributed by atoms with van der Waals surface area (Å²) in [4.78, 5) is 0. The van der Waals surface area contributed by atoms with Crippen molar-refractivity contribution in [3.63, 3.8) is 0 Å². The number of rotatable bonds is 3. The Labute approximate surface area is 107 Å². The van der Waals surface area contributed by atoms with Crippen molar-refractivity contribution < 1.29 is 4.74 Å². The van der Waals surface area contributed by atoms with Crippen molar-refractivity contribution in [3.05, 3.63) is 24.4 Å². The smallest absolute Gasteiger partial charge is 0.0670 e. The largest absolute Gasteiger partial charge is 0.382 e. The molecule has 1 saturated carbocycles. The lowest BCUT2D eigenvalue weighted by molar-refractivity contribution is 0.0682. The molecule has 1 aromatic carbocycles. The van der Waals surface area contributed by atoms with E-state index in [1.165, 1.54) is 18.5 Å². The van der Waals surface area contributed by atoms with E-state index in [4.69, 9.17) is 4.74 Å². The quantitative estimate of drug-likeness (QED) is 0.874. The number of anilines is 1. The first-order valence-electron chi connectivity index (χ1n) is 6.57. The first-order valence-corrected chi connectivity index (χ1v) is 6.57. The number of hydrogen-bond acceptors (Lipinski definition) is 3. The molecule has 1 fully saturated rings. The van der Waals surface area contributed by atoms with Gasteiger partial charge in [-0.05, 0) is 43.9 Å². The monoisotopic (exact) mass is 245 g/mol. The minimum absolute atomic E-state index is 0.457. The van der Waals surface area contributed by atoms with E-state index in [0.29, 0.717) is 12.1 Å². The zero-order valence-electron chi connectivity index (χ0n) is 10.6. The average molecular weight is 245 g/mol. The van der Waals surface area contributed by atoms with E-state index in [9.17, 15) is 0 Å². The van der Waals surface area contributed by atoms with Gasteiger partial charge in [0.05, 0.1) is 17.8 Å². The van der Waals surface area contributed by atoms with Crippen LogP contribution in [0.1, 0.15) is 25.7 Å². The molecule has 3 rings (SSSR count). The average Bonchev–Trinajstić information content (AvgIpc) is 2.87. The Bertz CT molecular complexity index is 514. The second-order valence-electron chi connectivity index (χ2n) is 5.03. The maximum absolute atomic E-state index is 5.40. The lowest BCUT2D eigenvalue weighted by atomic mass is 9.93. The first-order chi connectivity index (χ1) is 8.85. The van der Waals surface area contributed by atoms with Gasteiger partial charge in [0.2, 0.25) is 0 Å². The number of nitrogens with zero attached hydrogens (tertiary/aromatic N) is 1. The van der Waals surface area contributed by atoms with Crippen molar-refractivity contribution in [1.29, 1.82) is 0 Å². The zero-order chi connectivity index (χ0) is 12.4. The van der Waals surface area contributed by atoms with E-state index in [-0.39, 0.29) is 0 Å². The summed E-state index contributed by atoms with van der Waals surface area (Å²) in [6.07, 6.45) is 6.97. The van der Waals surface area contributed by atoms with Gasteiger partial charge >= 0.3 is 0 Å². The molecule has 1 aromatic heterocycles. The minimum atomic E-state index is 0.457. The molecular formula is C14H19N3O. The third kappa shape index (κ3) is 2.34. The van der Waals surface area contributed by atoms with Crippen molar-refractivity contribution in [2.75, 3.05) is 12.4 Å². The van der Waals surface area contributed by atoms with Crippen molar-refractivity contribution in [1.82, 2.24) is 10.2 Å². The summed E-state index contributed by atoms with van der Waals surface area (Å²) in [5.74, 6) is 0. The van der Waals surface area contributed by atoms with Crippen LogP contribution in [0, 0.1) is 0 Å². The fraction of sp³-hybridized carbons (Fsp3) is 0.500. The molecule has 0 amide bonds. The topological polar surface area (TPSA) is 49.9 Å². The molecule has 4 heteroatoms. The molecular weight excluding hydrogens is 226 g/mol. The van der Waals surface area contributed by atoms with Gasteiger partial charge in [0.15, 0.2) is 0 Å². The molecule has 0 spiro atoms. The molecule has 0 bridgehead atoms. The number of hydrogen-bond donors (Lipinski definition) is 2. The number of methoxy groups -OCH3 is 1. The van der Waals surface area contributed by atoms with Gasteiger partial charge in [0.25, 0.3) is 0 Å². The predicted octanol–water partition coefficient (Wildman–Crippen LogP) is 2.93. The number of fused-ring (bicyclic) bond motifs is 1. The number of benzene rings is 1. The molecule has 0 saturated heterocycles. The van der Waals surface area contributed by atoms with Crippen LogP contribution in [0.15, 0.2) is 24.4 Å². The highest BCUT2D eigenvalue weighted by Crippen LogP contribution is 2.25. The van der Waals surface area contributed by atoms with Crippen LogP contribution in [0.5, 0.6) is 0 Å². The zero-order valence-corrected chi connectivity index (χ0v) is 10.6. The summed E-state index contributed by atoms with van der Waals surface area (Å²) >= 11 is 0. The van der Waals surface area contributed by atoms with E-state index in [0.717, 1.165) is 23.7 Å². The molecule has 18 heavy (non-hydrogen) atoms. The lowest BCUT2D eigenvalue weighted by Crippen LogP contribution is -2.29. The fourth-order valence-electron chi connectivity index (χ4n) is 2.71. The van der Waals surface area contributed by atoms with E-state index in [1.807, 2.05) is 13.3 Å². The molecule has 0 aliphatic heterocycles. The Balaban J connectivity index is 1.65. The first kappa shape index (κ1) is 11.5. The van der Waals surface area contributed by atoms with Crippen molar-refractivity contribution in [3.8, 4) is 0 Å². The Morgan fingerprint density at radius 1 is 1.28 bits per heavy atom. The van der Waals surface area contributed by atoms with Crippen LogP contribution in [-0.4, -0.2) is 29.5 Å². The number of nitrogens with one attached hydrogen (secondary N) is 2. The third-order valence-corrected chi connectivity index (χ3v) is 3.82. The van der Waals surface area contributed by atoms with Gasteiger partial charge in [-0.3, -0.25) is 5.10 Å². The molecule has 0 radical (unpaired) electrons. The molecule has 1 heterocycles. The Hall–Kier alpha value is -1.55. The molecule has 2 aromatic rings. The van der Waals surface area contributed by atoms with Gasteiger partial charge < -0.3 is 10.1 Å². The molecule has 96 valence electrons. The normalized spacial score (nSPS) is 24.3.